The Hall–Kier alpha value is -1.41. The molecule has 8 heteroatoms. The van der Waals surface area contributed by atoms with Crippen LogP contribution in [0.1, 0.15) is 25.0 Å². The lowest BCUT2D eigenvalue weighted by molar-refractivity contribution is -0.141. The van der Waals surface area contributed by atoms with Gasteiger partial charge in [0.1, 0.15) is 5.69 Å². The molecule has 2 rings (SSSR count). The number of nitrogens with one attached hydrogen (secondary N) is 2. The third-order valence-corrected chi connectivity index (χ3v) is 3.19. The van der Waals surface area contributed by atoms with E-state index >= 15 is 0 Å². The first-order valence-corrected chi connectivity index (χ1v) is 7.02. The normalized spacial score (nSPS) is 16.9. The van der Waals surface area contributed by atoms with Crippen molar-refractivity contribution in [2.45, 2.75) is 31.5 Å². The van der Waals surface area contributed by atoms with Crippen molar-refractivity contribution in [2.75, 3.05) is 31.6 Å². The first-order chi connectivity index (χ1) is 10.1. The van der Waals surface area contributed by atoms with Crippen molar-refractivity contribution in [1.29, 1.82) is 0 Å². The molecule has 0 atom stereocenters. The summed E-state index contributed by atoms with van der Waals surface area (Å²) in [5.41, 5.74) is -0.939. The van der Waals surface area contributed by atoms with E-state index in [1.807, 2.05) is 0 Å². The Kier molecular flexibility index (Phi) is 5.75. The highest BCUT2D eigenvalue weighted by Gasteiger charge is 2.32. The van der Waals surface area contributed by atoms with E-state index in [9.17, 15) is 13.2 Å². The number of halogens is 3. The van der Waals surface area contributed by atoms with Crippen molar-refractivity contribution in [2.24, 2.45) is 0 Å². The molecule has 0 aromatic carbocycles. The van der Waals surface area contributed by atoms with E-state index in [-0.39, 0.29) is 12.1 Å². The van der Waals surface area contributed by atoms with Gasteiger partial charge in [-0.05, 0) is 38.4 Å². The molecule has 1 aliphatic heterocycles. The SMILES string of the molecule is FC(F)(F)c1ccnc(NCCCOC2CCNCC2)n1. The quantitative estimate of drug-likeness (QED) is 0.788. The summed E-state index contributed by atoms with van der Waals surface area (Å²) in [5.74, 6) is -0.00769. The van der Waals surface area contributed by atoms with Gasteiger partial charge in [-0.2, -0.15) is 13.2 Å². The van der Waals surface area contributed by atoms with E-state index in [0.717, 1.165) is 38.2 Å². The number of hydrogen-bond acceptors (Lipinski definition) is 5. The fourth-order valence-corrected chi connectivity index (χ4v) is 2.09. The molecule has 118 valence electrons. The van der Waals surface area contributed by atoms with Crippen LogP contribution in [0.4, 0.5) is 19.1 Å². The van der Waals surface area contributed by atoms with Crippen LogP contribution in [0, 0.1) is 0 Å². The Labute approximate surface area is 121 Å². The highest BCUT2D eigenvalue weighted by molar-refractivity contribution is 5.25. The van der Waals surface area contributed by atoms with Crippen LogP contribution in [-0.4, -0.2) is 42.3 Å². The van der Waals surface area contributed by atoms with Crippen molar-refractivity contribution in [1.82, 2.24) is 15.3 Å². The number of anilines is 1. The Bertz CT molecular complexity index is 436. The lowest BCUT2D eigenvalue weighted by Gasteiger charge is -2.22. The molecular weight excluding hydrogens is 285 g/mol. The molecule has 0 spiro atoms. The molecule has 2 N–H and O–H groups in total. The van der Waals surface area contributed by atoms with Gasteiger partial charge in [0.05, 0.1) is 6.10 Å². The van der Waals surface area contributed by atoms with E-state index < -0.39 is 11.9 Å². The Balaban J connectivity index is 1.66. The van der Waals surface area contributed by atoms with Crippen molar-refractivity contribution < 1.29 is 17.9 Å². The first kappa shape index (κ1) is 16.0. The van der Waals surface area contributed by atoms with Gasteiger partial charge in [0.2, 0.25) is 5.95 Å². The van der Waals surface area contributed by atoms with Crippen LogP contribution in [0.3, 0.4) is 0 Å². The molecule has 5 nitrogen and oxygen atoms in total. The molecule has 0 unspecified atom stereocenters. The number of aromatic nitrogens is 2. The van der Waals surface area contributed by atoms with Gasteiger partial charge in [-0.15, -0.1) is 0 Å². The van der Waals surface area contributed by atoms with Gasteiger partial charge in [0.15, 0.2) is 0 Å². The lowest BCUT2D eigenvalue weighted by Crippen LogP contribution is -2.32. The predicted octanol–water partition coefficient (Wildman–Crippen LogP) is 2.07. The molecule has 1 aromatic rings. The second-order valence-corrected chi connectivity index (χ2v) is 4.86. The first-order valence-electron chi connectivity index (χ1n) is 7.02. The van der Waals surface area contributed by atoms with E-state index in [1.165, 1.54) is 0 Å². The second kappa shape index (κ2) is 7.56. The summed E-state index contributed by atoms with van der Waals surface area (Å²) in [6.07, 6.45) is -0.352. The zero-order valence-corrected chi connectivity index (χ0v) is 11.6. The zero-order valence-electron chi connectivity index (χ0n) is 11.6. The smallest absolute Gasteiger partial charge is 0.378 e. The van der Waals surface area contributed by atoms with Gasteiger partial charge in [-0.1, -0.05) is 0 Å². The maximum absolute atomic E-state index is 12.5. The van der Waals surface area contributed by atoms with Gasteiger partial charge in [0.25, 0.3) is 0 Å². The minimum Gasteiger partial charge on any atom is -0.378 e. The molecule has 21 heavy (non-hydrogen) atoms. The van der Waals surface area contributed by atoms with E-state index in [2.05, 4.69) is 20.6 Å². The van der Waals surface area contributed by atoms with E-state index in [0.29, 0.717) is 19.6 Å². The molecule has 0 amide bonds. The number of nitrogens with zero attached hydrogens (tertiary/aromatic N) is 2. The van der Waals surface area contributed by atoms with Gasteiger partial charge < -0.3 is 15.4 Å². The number of hydrogen-bond donors (Lipinski definition) is 2. The van der Waals surface area contributed by atoms with Crippen LogP contribution >= 0.6 is 0 Å². The standard InChI is InChI=1S/C13H19F3N4O/c14-13(15,16)11-4-8-19-12(20-11)18-5-1-9-21-10-2-6-17-7-3-10/h4,8,10,17H,1-3,5-7,9H2,(H,18,19,20). The average Bonchev–Trinajstić information content (AvgIpc) is 2.47. The largest absolute Gasteiger partial charge is 0.433 e. The van der Waals surface area contributed by atoms with Crippen LogP contribution in [0.5, 0.6) is 0 Å². The third kappa shape index (κ3) is 5.47. The van der Waals surface area contributed by atoms with Crippen LogP contribution in [0.25, 0.3) is 0 Å². The Morgan fingerprint density at radius 3 is 2.81 bits per heavy atom. The number of piperidine rings is 1. The number of alkyl halides is 3. The maximum atomic E-state index is 12.5. The van der Waals surface area contributed by atoms with Crippen molar-refractivity contribution in [3.63, 3.8) is 0 Å². The highest BCUT2D eigenvalue weighted by Crippen LogP contribution is 2.27. The van der Waals surface area contributed by atoms with E-state index in [4.69, 9.17) is 4.74 Å². The molecule has 1 fully saturated rings. The lowest BCUT2D eigenvalue weighted by atomic mass is 10.1. The number of ether oxygens (including phenoxy) is 1. The monoisotopic (exact) mass is 304 g/mol. The van der Waals surface area contributed by atoms with Gasteiger partial charge in [0, 0.05) is 19.3 Å². The van der Waals surface area contributed by atoms with Crippen molar-refractivity contribution in [3.05, 3.63) is 18.0 Å². The summed E-state index contributed by atoms with van der Waals surface area (Å²) in [4.78, 5) is 7.20. The van der Waals surface area contributed by atoms with Crippen LogP contribution in [0.15, 0.2) is 12.3 Å². The average molecular weight is 304 g/mol. The summed E-state index contributed by atoms with van der Waals surface area (Å²) < 4.78 is 43.1. The fourth-order valence-electron chi connectivity index (χ4n) is 2.09. The summed E-state index contributed by atoms with van der Waals surface area (Å²) in [7, 11) is 0. The molecule has 0 bridgehead atoms. The number of rotatable bonds is 6. The Morgan fingerprint density at radius 2 is 2.10 bits per heavy atom. The minimum absolute atomic E-state index is 0.00769. The molecular formula is C13H19F3N4O. The molecule has 1 aliphatic rings. The Morgan fingerprint density at radius 1 is 1.33 bits per heavy atom. The third-order valence-electron chi connectivity index (χ3n) is 3.19. The van der Waals surface area contributed by atoms with E-state index in [1.54, 1.807) is 0 Å². The molecule has 0 aliphatic carbocycles. The molecule has 1 saturated heterocycles. The van der Waals surface area contributed by atoms with Crippen molar-refractivity contribution in [3.8, 4) is 0 Å². The zero-order chi connectivity index (χ0) is 15.1. The van der Waals surface area contributed by atoms with Crippen molar-refractivity contribution >= 4 is 5.95 Å². The fraction of sp³-hybridized carbons (Fsp3) is 0.692. The molecule has 2 heterocycles. The van der Waals surface area contributed by atoms with Gasteiger partial charge in [-0.25, -0.2) is 9.97 Å². The topological polar surface area (TPSA) is 59.1 Å². The minimum atomic E-state index is -4.45. The van der Waals surface area contributed by atoms with Crippen LogP contribution in [-0.2, 0) is 10.9 Å². The van der Waals surface area contributed by atoms with Gasteiger partial charge in [-0.3, -0.25) is 0 Å². The second-order valence-electron chi connectivity index (χ2n) is 4.86. The van der Waals surface area contributed by atoms with Gasteiger partial charge >= 0.3 is 6.18 Å². The van der Waals surface area contributed by atoms with Crippen LogP contribution in [0.2, 0.25) is 0 Å². The summed E-state index contributed by atoms with van der Waals surface area (Å²) in [6.45, 7) is 3.00. The van der Waals surface area contributed by atoms with Crippen LogP contribution < -0.4 is 10.6 Å². The highest BCUT2D eigenvalue weighted by atomic mass is 19.4. The molecule has 0 radical (unpaired) electrons. The maximum Gasteiger partial charge on any atom is 0.433 e. The molecule has 0 saturated carbocycles. The molecule has 1 aromatic heterocycles. The predicted molar refractivity (Wildman–Crippen MR) is 72.0 cm³/mol. The summed E-state index contributed by atoms with van der Waals surface area (Å²) in [6, 6.07) is 0.853. The summed E-state index contributed by atoms with van der Waals surface area (Å²) >= 11 is 0. The summed E-state index contributed by atoms with van der Waals surface area (Å²) in [5, 5.41) is 6.03.